The predicted octanol–water partition coefficient (Wildman–Crippen LogP) is 2.92. The SMILES string of the molecule is COc1ccc(NC(=O)C(CCCCN)NC(=O)c2cc(NC(=O)C(CCCCN)NC(=O)c3cc(NC(=O)C(CCCCN)NC(=O)c4cc(NC(=O)C(N)CCCCN)ccc4OC)ccc3OC)ccc2OC)cc1C(=O)NCCC(=O)O. The van der Waals surface area contributed by atoms with E-state index in [0.29, 0.717) is 84.0 Å². The number of hydrogen-bond donors (Lipinski definition) is 14. The van der Waals surface area contributed by atoms with Gasteiger partial charge in [0.1, 0.15) is 41.1 Å². The minimum Gasteiger partial charge on any atom is -0.496 e. The van der Waals surface area contributed by atoms with Crippen LogP contribution in [0.4, 0.5) is 22.7 Å². The van der Waals surface area contributed by atoms with Gasteiger partial charge < -0.3 is 95.3 Å². The Kier molecular flexibility index (Phi) is 29.7. The van der Waals surface area contributed by atoms with Crippen LogP contribution < -0.4 is 90.2 Å². The van der Waals surface area contributed by atoms with Gasteiger partial charge in [0, 0.05) is 29.3 Å². The number of rotatable bonds is 38. The second kappa shape index (κ2) is 36.7. The highest BCUT2D eigenvalue weighted by Crippen LogP contribution is 2.28. The summed E-state index contributed by atoms with van der Waals surface area (Å²) in [5, 5.41) is 30.8. The van der Waals surface area contributed by atoms with E-state index in [4.69, 9.17) is 52.7 Å². The quantitative estimate of drug-likeness (QED) is 0.0287. The van der Waals surface area contributed by atoms with Crippen LogP contribution in [-0.2, 0) is 24.0 Å². The third-order valence-corrected chi connectivity index (χ3v) is 13.5. The van der Waals surface area contributed by atoms with Crippen LogP contribution in [0, 0.1) is 0 Å². The molecule has 19 N–H and O–H groups in total. The maximum absolute atomic E-state index is 14.3. The lowest BCUT2D eigenvalue weighted by molar-refractivity contribution is -0.137. The van der Waals surface area contributed by atoms with Crippen LogP contribution >= 0.6 is 0 Å². The van der Waals surface area contributed by atoms with Crippen LogP contribution in [0.5, 0.6) is 23.0 Å². The molecule has 468 valence electrons. The summed E-state index contributed by atoms with van der Waals surface area (Å²) < 4.78 is 21.8. The van der Waals surface area contributed by atoms with Crippen LogP contribution in [0.2, 0.25) is 0 Å². The first kappa shape index (κ1) is 69.6. The van der Waals surface area contributed by atoms with E-state index in [-0.39, 0.29) is 100 Å². The topological polar surface area (TPSA) is 437 Å². The first-order valence-corrected chi connectivity index (χ1v) is 28.3. The van der Waals surface area contributed by atoms with Gasteiger partial charge in [-0.05, 0) is 170 Å². The van der Waals surface area contributed by atoms with Gasteiger partial charge in [0.2, 0.25) is 23.6 Å². The van der Waals surface area contributed by atoms with Gasteiger partial charge in [-0.3, -0.25) is 43.2 Å². The van der Waals surface area contributed by atoms with E-state index < -0.39 is 77.4 Å². The summed E-state index contributed by atoms with van der Waals surface area (Å²) in [5.74, 6) is -5.84. The number of carbonyl (C=O) groups is 9. The van der Waals surface area contributed by atoms with Crippen molar-refractivity contribution in [3.63, 3.8) is 0 Å². The van der Waals surface area contributed by atoms with E-state index in [2.05, 4.69) is 42.5 Å². The summed E-state index contributed by atoms with van der Waals surface area (Å²) in [6, 6.07) is 13.0. The van der Waals surface area contributed by atoms with E-state index in [1.54, 1.807) is 6.07 Å². The molecule has 27 nitrogen and oxygen atoms in total. The van der Waals surface area contributed by atoms with Gasteiger partial charge in [-0.2, -0.15) is 0 Å². The maximum Gasteiger partial charge on any atom is 0.305 e. The number of amides is 8. The molecule has 0 heterocycles. The molecule has 0 saturated carbocycles. The van der Waals surface area contributed by atoms with Gasteiger partial charge in [0.05, 0.1) is 63.2 Å². The largest absolute Gasteiger partial charge is 0.496 e. The Hall–Kier alpha value is -8.89. The van der Waals surface area contributed by atoms with Gasteiger partial charge >= 0.3 is 5.97 Å². The van der Waals surface area contributed by atoms with Crippen LogP contribution in [0.1, 0.15) is 125 Å². The lowest BCUT2D eigenvalue weighted by Gasteiger charge is -2.22. The number of anilines is 4. The van der Waals surface area contributed by atoms with Crippen molar-refractivity contribution in [2.75, 3.05) is 82.4 Å². The predicted molar refractivity (Wildman–Crippen MR) is 324 cm³/mol. The third-order valence-electron chi connectivity index (χ3n) is 13.5. The molecule has 4 atom stereocenters. The number of nitrogens with two attached hydrogens (primary N) is 5. The zero-order valence-electron chi connectivity index (χ0n) is 49.1. The van der Waals surface area contributed by atoms with E-state index in [1.807, 2.05) is 0 Å². The van der Waals surface area contributed by atoms with E-state index in [1.165, 1.54) is 95.2 Å². The summed E-state index contributed by atoms with van der Waals surface area (Å²) in [4.78, 5) is 121. The fraction of sp³-hybridized carbons (Fsp3) is 0.441. The summed E-state index contributed by atoms with van der Waals surface area (Å²) in [5.41, 5.74) is 29.6. The normalized spacial score (nSPS) is 12.2. The molecule has 4 aromatic carbocycles. The van der Waals surface area contributed by atoms with Crippen LogP contribution in [0.25, 0.3) is 0 Å². The molecule has 0 saturated heterocycles. The maximum atomic E-state index is 14.3. The number of ether oxygens (including phenoxy) is 4. The Bertz CT molecular complexity index is 2960. The van der Waals surface area contributed by atoms with Crippen molar-refractivity contribution in [1.29, 1.82) is 0 Å². The Morgan fingerprint density at radius 3 is 0.965 bits per heavy atom. The summed E-state index contributed by atoms with van der Waals surface area (Å²) in [6.07, 6.45) is 4.75. The molecule has 8 amide bonds. The highest BCUT2D eigenvalue weighted by molar-refractivity contribution is 6.07. The Morgan fingerprint density at radius 2 is 0.686 bits per heavy atom. The molecule has 0 aliphatic heterocycles. The van der Waals surface area contributed by atoms with Gasteiger partial charge in [-0.1, -0.05) is 6.42 Å². The minimum absolute atomic E-state index is 0.0209. The van der Waals surface area contributed by atoms with Crippen molar-refractivity contribution in [1.82, 2.24) is 21.3 Å². The zero-order valence-corrected chi connectivity index (χ0v) is 49.1. The average Bonchev–Trinajstić information content (AvgIpc) is 3.56. The fourth-order valence-corrected chi connectivity index (χ4v) is 8.79. The van der Waals surface area contributed by atoms with Gasteiger partial charge in [0.25, 0.3) is 23.6 Å². The molecular weight excluding hydrogens is 1110 g/mol. The van der Waals surface area contributed by atoms with Crippen LogP contribution in [0.3, 0.4) is 0 Å². The lowest BCUT2D eigenvalue weighted by atomic mass is 10.1. The lowest BCUT2D eigenvalue weighted by Crippen LogP contribution is -2.44. The number of carbonyl (C=O) groups excluding carboxylic acids is 8. The molecule has 0 fully saturated rings. The first-order valence-electron chi connectivity index (χ1n) is 28.3. The van der Waals surface area contributed by atoms with Crippen molar-refractivity contribution in [2.24, 2.45) is 28.7 Å². The number of nitrogens with one attached hydrogen (secondary N) is 8. The van der Waals surface area contributed by atoms with Crippen molar-refractivity contribution < 1.29 is 67.2 Å². The molecule has 0 aliphatic rings. The Morgan fingerprint density at radius 1 is 0.407 bits per heavy atom. The molecule has 86 heavy (non-hydrogen) atoms. The number of carboxylic acid groups (broad SMARTS) is 1. The smallest absolute Gasteiger partial charge is 0.305 e. The first-order chi connectivity index (χ1) is 41.3. The van der Waals surface area contributed by atoms with Crippen molar-refractivity contribution >= 4 is 76.0 Å². The molecule has 0 bridgehead atoms. The Labute approximate surface area is 499 Å². The number of hydrogen-bond acceptors (Lipinski definition) is 18. The number of carboxylic acids is 1. The van der Waals surface area contributed by atoms with Gasteiger partial charge in [0.15, 0.2) is 0 Å². The van der Waals surface area contributed by atoms with E-state index in [0.717, 1.165) is 0 Å². The van der Waals surface area contributed by atoms with E-state index in [9.17, 15) is 43.2 Å². The Balaban J connectivity index is 1.55. The second-order valence-corrected chi connectivity index (χ2v) is 19.8. The van der Waals surface area contributed by atoms with Crippen LogP contribution in [-0.4, -0.2) is 144 Å². The molecule has 0 radical (unpaired) electrons. The van der Waals surface area contributed by atoms with Crippen LogP contribution in [0.15, 0.2) is 72.8 Å². The minimum atomic E-state index is -1.19. The average molecular weight is 1200 g/mol. The molecule has 0 aromatic heterocycles. The molecule has 0 spiro atoms. The molecule has 0 aliphatic carbocycles. The molecule has 4 aromatic rings. The monoisotopic (exact) mass is 1200 g/mol. The summed E-state index contributed by atoms with van der Waals surface area (Å²) >= 11 is 0. The molecular formula is C59H83N13O14. The molecule has 4 unspecified atom stereocenters. The number of methoxy groups -OCH3 is 4. The summed E-state index contributed by atoms with van der Waals surface area (Å²) in [7, 11) is 5.39. The number of aliphatic carboxylic acids is 1. The van der Waals surface area contributed by atoms with Gasteiger partial charge in [-0.15, -0.1) is 0 Å². The number of benzene rings is 4. The van der Waals surface area contributed by atoms with E-state index >= 15 is 0 Å². The van der Waals surface area contributed by atoms with Crippen molar-refractivity contribution in [3.8, 4) is 23.0 Å². The summed E-state index contributed by atoms with van der Waals surface area (Å²) in [6.45, 7) is 1.25. The standard InChI is InChI=1S/C59H83N13O14/c1-83-47-21-18-36(31-39(47)52(75)65-30-25-51(73)74)67-57(80)44(14-6-10-27-61)71-54(77)41-33-38(20-23-49(41)85-3)69-59(82)46(16-8-12-29-63)72-55(78)42-34-37(19-24-50(42)86-4)68-58(81)45(15-7-11-28-62)70-53(76)40-32-35(17-22-48(40)84-2)66-56(79)43(64)13-5-9-26-60/h17-24,31-34,43-46H,5-16,25-30,60-64H2,1-4H3,(H,65,75)(H,66,79)(H,67,80)(H,68,81)(H,69,82)(H,70,76)(H,71,77)(H,72,78)(H,73,74). The number of unbranched alkanes of at least 4 members (excludes halogenated alkanes) is 4. The van der Waals surface area contributed by atoms with Crippen molar-refractivity contribution in [3.05, 3.63) is 95.1 Å². The second-order valence-electron chi connectivity index (χ2n) is 19.8. The third kappa shape index (κ3) is 21.9. The zero-order chi connectivity index (χ0) is 63.1. The van der Waals surface area contributed by atoms with Gasteiger partial charge in [-0.25, -0.2) is 0 Å². The van der Waals surface area contributed by atoms with Crippen molar-refractivity contribution in [2.45, 2.75) is 108 Å². The fourth-order valence-electron chi connectivity index (χ4n) is 8.79. The molecule has 4 rings (SSSR count). The molecule has 27 heteroatoms. The highest BCUT2D eigenvalue weighted by atomic mass is 16.5. The highest BCUT2D eigenvalue weighted by Gasteiger charge is 2.29.